The Hall–Kier alpha value is -2.28. The maximum atomic E-state index is 12.4. The fraction of sp³-hybridized carbons (Fsp3) is 0.353. The van der Waals surface area contributed by atoms with E-state index in [9.17, 15) is 9.59 Å². The molecule has 0 fully saturated rings. The lowest BCUT2D eigenvalue weighted by Gasteiger charge is -2.15. The van der Waals surface area contributed by atoms with Crippen LogP contribution in [-0.4, -0.2) is 27.8 Å². The van der Waals surface area contributed by atoms with E-state index < -0.39 is 0 Å². The molecule has 1 N–H and O–H groups in total. The molecule has 1 aliphatic heterocycles. The van der Waals surface area contributed by atoms with Crippen LogP contribution in [0, 0.1) is 6.92 Å². The first-order chi connectivity index (χ1) is 11.6. The number of benzene rings is 1. The van der Waals surface area contributed by atoms with Crippen molar-refractivity contribution in [2.75, 3.05) is 17.7 Å². The van der Waals surface area contributed by atoms with E-state index in [1.54, 1.807) is 23.8 Å². The van der Waals surface area contributed by atoms with Gasteiger partial charge in [-0.25, -0.2) is 4.98 Å². The molecule has 0 saturated carbocycles. The first-order valence-corrected chi connectivity index (χ1v) is 8.81. The molecule has 1 aromatic carbocycles. The first-order valence-electron chi connectivity index (χ1n) is 7.82. The number of hydrogen-bond acceptors (Lipinski definition) is 5. The number of carbonyl (C=O) groups is 1. The summed E-state index contributed by atoms with van der Waals surface area (Å²) in [4.78, 5) is 29.0. The van der Waals surface area contributed by atoms with Crippen LogP contribution in [0.4, 0.5) is 5.69 Å². The minimum atomic E-state index is -0.177. The van der Waals surface area contributed by atoms with E-state index in [1.165, 1.54) is 11.8 Å². The second-order valence-corrected chi connectivity index (χ2v) is 6.53. The molecule has 6 nitrogen and oxygen atoms in total. The highest BCUT2D eigenvalue weighted by Gasteiger charge is 2.27. The molecule has 2 aromatic rings. The van der Waals surface area contributed by atoms with Crippen LogP contribution in [0.1, 0.15) is 24.9 Å². The average molecular weight is 345 g/mol. The number of amides is 1. The van der Waals surface area contributed by atoms with E-state index in [-0.39, 0.29) is 23.9 Å². The van der Waals surface area contributed by atoms with Crippen molar-refractivity contribution in [3.8, 4) is 5.75 Å². The Balaban J connectivity index is 1.74. The van der Waals surface area contributed by atoms with Gasteiger partial charge < -0.3 is 10.1 Å². The molecule has 1 aromatic heterocycles. The summed E-state index contributed by atoms with van der Waals surface area (Å²) in [6, 6.07) is 7.15. The number of rotatable bonds is 5. The van der Waals surface area contributed by atoms with Crippen LogP contribution >= 0.6 is 11.8 Å². The van der Waals surface area contributed by atoms with Crippen LogP contribution in [0.2, 0.25) is 0 Å². The molecule has 1 atom stereocenters. The van der Waals surface area contributed by atoms with Gasteiger partial charge in [-0.3, -0.25) is 14.2 Å². The second kappa shape index (κ2) is 7.09. The standard InChI is InChI=1S/C17H19N3O3S/c1-3-23-14-7-5-4-6-13(14)19-15(21)8-12-10-24-17-18-9-11(2)16(22)20(12)17/h4-7,9,12H,3,8,10H2,1-2H3,(H,19,21)/t12-/m1/s1. The van der Waals surface area contributed by atoms with E-state index in [4.69, 9.17) is 4.74 Å². The monoisotopic (exact) mass is 345 g/mol. The van der Waals surface area contributed by atoms with Crippen molar-refractivity contribution in [2.45, 2.75) is 31.5 Å². The van der Waals surface area contributed by atoms with Crippen LogP contribution in [0.15, 0.2) is 40.4 Å². The van der Waals surface area contributed by atoms with Gasteiger partial charge in [-0.1, -0.05) is 23.9 Å². The van der Waals surface area contributed by atoms with E-state index in [0.29, 0.717) is 34.5 Å². The number of aromatic nitrogens is 2. The highest BCUT2D eigenvalue weighted by Crippen LogP contribution is 2.32. The lowest BCUT2D eigenvalue weighted by atomic mass is 10.2. The predicted octanol–water partition coefficient (Wildman–Crippen LogP) is 2.63. The van der Waals surface area contributed by atoms with Crippen molar-refractivity contribution in [1.29, 1.82) is 0 Å². The summed E-state index contributed by atoms with van der Waals surface area (Å²) in [7, 11) is 0. The molecule has 126 valence electrons. The summed E-state index contributed by atoms with van der Waals surface area (Å²) in [5.74, 6) is 1.17. The number of para-hydroxylation sites is 2. The summed E-state index contributed by atoms with van der Waals surface area (Å²) in [6.45, 7) is 4.16. The van der Waals surface area contributed by atoms with Gasteiger partial charge in [0, 0.05) is 23.9 Å². The quantitative estimate of drug-likeness (QED) is 0.843. The van der Waals surface area contributed by atoms with Crippen LogP contribution in [0.3, 0.4) is 0 Å². The second-order valence-electron chi connectivity index (χ2n) is 5.55. The van der Waals surface area contributed by atoms with E-state index >= 15 is 0 Å². The van der Waals surface area contributed by atoms with Gasteiger partial charge in [0.1, 0.15) is 5.75 Å². The molecule has 0 radical (unpaired) electrons. The Kier molecular flexibility index (Phi) is 4.89. The molecular weight excluding hydrogens is 326 g/mol. The lowest BCUT2D eigenvalue weighted by molar-refractivity contribution is -0.116. The maximum Gasteiger partial charge on any atom is 0.257 e. The minimum Gasteiger partial charge on any atom is -0.492 e. The molecule has 0 unspecified atom stereocenters. The topological polar surface area (TPSA) is 73.2 Å². The van der Waals surface area contributed by atoms with Gasteiger partial charge in [-0.05, 0) is 26.0 Å². The number of thioether (sulfide) groups is 1. The zero-order chi connectivity index (χ0) is 17.1. The third-order valence-corrected chi connectivity index (χ3v) is 4.89. The van der Waals surface area contributed by atoms with Gasteiger partial charge in [0.05, 0.1) is 18.3 Å². The number of anilines is 1. The number of aryl methyl sites for hydroxylation is 1. The normalized spacial score (nSPS) is 15.8. The third kappa shape index (κ3) is 3.31. The van der Waals surface area contributed by atoms with Gasteiger partial charge in [-0.15, -0.1) is 0 Å². The molecule has 2 heterocycles. The van der Waals surface area contributed by atoms with E-state index in [1.807, 2.05) is 25.1 Å². The zero-order valence-electron chi connectivity index (χ0n) is 13.6. The van der Waals surface area contributed by atoms with Gasteiger partial charge >= 0.3 is 0 Å². The van der Waals surface area contributed by atoms with Gasteiger partial charge in [0.2, 0.25) is 5.91 Å². The largest absolute Gasteiger partial charge is 0.492 e. The van der Waals surface area contributed by atoms with Crippen LogP contribution in [-0.2, 0) is 4.79 Å². The first kappa shape index (κ1) is 16.6. The Morgan fingerprint density at radius 2 is 2.25 bits per heavy atom. The van der Waals surface area contributed by atoms with Crippen LogP contribution in [0.25, 0.3) is 0 Å². The zero-order valence-corrected chi connectivity index (χ0v) is 14.4. The number of hydrogen-bond donors (Lipinski definition) is 1. The summed E-state index contributed by atoms with van der Waals surface area (Å²) >= 11 is 1.51. The molecule has 1 amide bonds. The highest BCUT2D eigenvalue weighted by molar-refractivity contribution is 7.99. The molecule has 0 spiro atoms. The molecule has 3 rings (SSSR count). The van der Waals surface area contributed by atoms with Crippen molar-refractivity contribution in [2.24, 2.45) is 0 Å². The Morgan fingerprint density at radius 3 is 3.04 bits per heavy atom. The summed E-state index contributed by atoms with van der Waals surface area (Å²) < 4.78 is 7.15. The number of nitrogens with zero attached hydrogens (tertiary/aromatic N) is 2. The van der Waals surface area contributed by atoms with Gasteiger partial charge in [0.25, 0.3) is 5.56 Å². The number of carbonyl (C=O) groups excluding carboxylic acids is 1. The smallest absolute Gasteiger partial charge is 0.257 e. The Bertz CT molecular complexity index is 819. The Labute approximate surface area is 144 Å². The van der Waals surface area contributed by atoms with E-state index in [2.05, 4.69) is 10.3 Å². The van der Waals surface area contributed by atoms with Crippen molar-refractivity contribution in [3.63, 3.8) is 0 Å². The van der Waals surface area contributed by atoms with Crippen molar-refractivity contribution < 1.29 is 9.53 Å². The summed E-state index contributed by atoms with van der Waals surface area (Å²) in [6.07, 6.45) is 1.81. The molecular formula is C17H19N3O3S. The summed E-state index contributed by atoms with van der Waals surface area (Å²) in [5, 5.41) is 3.56. The number of fused-ring (bicyclic) bond motifs is 1. The Morgan fingerprint density at radius 1 is 1.46 bits per heavy atom. The van der Waals surface area contributed by atoms with E-state index in [0.717, 1.165) is 0 Å². The third-order valence-electron chi connectivity index (χ3n) is 3.78. The molecule has 24 heavy (non-hydrogen) atoms. The molecule has 0 aliphatic carbocycles. The molecule has 0 saturated heterocycles. The predicted molar refractivity (Wildman–Crippen MR) is 93.9 cm³/mol. The van der Waals surface area contributed by atoms with Crippen LogP contribution in [0.5, 0.6) is 5.75 Å². The molecule has 1 aliphatic rings. The number of ether oxygens (including phenoxy) is 1. The number of nitrogens with one attached hydrogen (secondary N) is 1. The van der Waals surface area contributed by atoms with Crippen molar-refractivity contribution in [1.82, 2.24) is 9.55 Å². The highest BCUT2D eigenvalue weighted by atomic mass is 32.2. The summed E-state index contributed by atoms with van der Waals surface area (Å²) in [5.41, 5.74) is 1.16. The molecule has 0 bridgehead atoms. The van der Waals surface area contributed by atoms with Crippen molar-refractivity contribution in [3.05, 3.63) is 46.4 Å². The lowest BCUT2D eigenvalue weighted by Crippen LogP contribution is -2.28. The fourth-order valence-corrected chi connectivity index (χ4v) is 3.74. The van der Waals surface area contributed by atoms with Crippen molar-refractivity contribution >= 4 is 23.4 Å². The fourth-order valence-electron chi connectivity index (χ4n) is 2.64. The van der Waals surface area contributed by atoms with Gasteiger partial charge in [0.15, 0.2) is 5.16 Å². The molecule has 7 heteroatoms. The SMILES string of the molecule is CCOc1ccccc1NC(=O)C[C@@H]1CSc2ncc(C)c(=O)n21. The maximum absolute atomic E-state index is 12.4. The van der Waals surface area contributed by atoms with Crippen LogP contribution < -0.4 is 15.6 Å². The average Bonchev–Trinajstić information content (AvgIpc) is 2.96. The minimum absolute atomic E-state index is 0.0717. The van der Waals surface area contributed by atoms with Gasteiger partial charge in [-0.2, -0.15) is 0 Å².